The number of aromatic nitrogens is 2. The van der Waals surface area contributed by atoms with Gasteiger partial charge >= 0.3 is 0 Å². The lowest BCUT2D eigenvalue weighted by atomic mass is 10.5. The fraction of sp³-hybridized carbons (Fsp3) is 0.167. The van der Waals surface area contributed by atoms with Crippen LogP contribution in [0.25, 0.3) is 0 Å². The first-order chi connectivity index (χ1) is 7.61. The Labute approximate surface area is 139 Å². The number of pyridine rings is 2. The third kappa shape index (κ3) is 7.31. The van der Waals surface area contributed by atoms with Crippen LogP contribution in [0.4, 0.5) is 0 Å². The van der Waals surface area contributed by atoms with E-state index in [4.69, 9.17) is 23.2 Å². The lowest BCUT2D eigenvalue weighted by Gasteiger charge is -1.84. The summed E-state index contributed by atoms with van der Waals surface area (Å²) in [5.41, 5.74) is 0. The van der Waals surface area contributed by atoms with Crippen LogP contribution in [0.5, 0.6) is 0 Å². The van der Waals surface area contributed by atoms with Gasteiger partial charge in [-0.3, -0.25) is 0 Å². The summed E-state index contributed by atoms with van der Waals surface area (Å²) < 4.78 is 3.70. The van der Waals surface area contributed by atoms with Crippen LogP contribution < -0.4 is 43.1 Å². The van der Waals surface area contributed by atoms with Crippen LogP contribution in [0.3, 0.4) is 0 Å². The van der Waals surface area contributed by atoms with Crippen molar-refractivity contribution in [3.05, 3.63) is 59.1 Å². The van der Waals surface area contributed by atoms with E-state index in [1.807, 2.05) is 72.0 Å². The van der Waals surface area contributed by atoms with Gasteiger partial charge in [0.2, 0.25) is 0 Å². The maximum atomic E-state index is 5.67. The van der Waals surface area contributed by atoms with Gasteiger partial charge in [-0.2, -0.15) is 9.13 Å². The molecule has 0 bridgehead atoms. The SMILES string of the molecule is C[n+]1ccccc1Cl.C[n+]1ccccc1Cl.[Br-].[Br-]. The third-order valence-electron chi connectivity index (χ3n) is 1.98. The molecule has 0 aliphatic carbocycles. The zero-order valence-corrected chi connectivity index (χ0v) is 14.7. The van der Waals surface area contributed by atoms with Crippen molar-refractivity contribution < 1.29 is 43.1 Å². The van der Waals surface area contributed by atoms with Crippen molar-refractivity contribution in [2.45, 2.75) is 0 Å². The Morgan fingerprint density at radius 1 is 0.722 bits per heavy atom. The molecule has 6 heteroatoms. The predicted octanol–water partition coefficient (Wildman–Crippen LogP) is -3.66. The van der Waals surface area contributed by atoms with E-state index in [2.05, 4.69) is 0 Å². The molecule has 0 unspecified atom stereocenters. The fourth-order valence-corrected chi connectivity index (χ4v) is 1.26. The van der Waals surface area contributed by atoms with Crippen molar-refractivity contribution >= 4 is 23.2 Å². The van der Waals surface area contributed by atoms with E-state index in [-0.39, 0.29) is 34.0 Å². The minimum absolute atomic E-state index is 0. The number of hydrogen-bond donors (Lipinski definition) is 0. The van der Waals surface area contributed by atoms with Crippen LogP contribution in [0.1, 0.15) is 0 Å². The molecular weight excluding hydrogens is 403 g/mol. The average Bonchev–Trinajstić information content (AvgIpc) is 2.28. The number of hydrogen-bond acceptors (Lipinski definition) is 0. The molecule has 2 aromatic heterocycles. The highest BCUT2D eigenvalue weighted by Crippen LogP contribution is 1.96. The van der Waals surface area contributed by atoms with Crippen molar-refractivity contribution in [3.8, 4) is 0 Å². The summed E-state index contributed by atoms with van der Waals surface area (Å²) in [4.78, 5) is 0. The third-order valence-corrected chi connectivity index (χ3v) is 2.77. The van der Waals surface area contributed by atoms with Crippen LogP contribution in [-0.2, 0) is 14.1 Å². The summed E-state index contributed by atoms with van der Waals surface area (Å²) in [5, 5.41) is 1.51. The minimum Gasteiger partial charge on any atom is -1.00 e. The first-order valence-electron chi connectivity index (χ1n) is 4.81. The highest BCUT2D eigenvalue weighted by molar-refractivity contribution is 6.28. The summed E-state index contributed by atoms with van der Waals surface area (Å²) in [5.74, 6) is 0. The topological polar surface area (TPSA) is 7.76 Å². The van der Waals surface area contributed by atoms with Gasteiger partial charge in [0, 0.05) is 24.3 Å². The Kier molecular flexibility index (Phi) is 12.0. The van der Waals surface area contributed by atoms with Crippen LogP contribution in [0, 0.1) is 0 Å². The molecule has 0 aliphatic rings. The van der Waals surface area contributed by atoms with E-state index >= 15 is 0 Å². The average molecular weight is 417 g/mol. The van der Waals surface area contributed by atoms with Crippen LogP contribution >= 0.6 is 23.2 Å². The molecule has 2 aromatic rings. The first-order valence-corrected chi connectivity index (χ1v) is 5.57. The maximum Gasteiger partial charge on any atom is 0.274 e. The number of nitrogens with zero attached hydrogens (tertiary/aromatic N) is 2. The zero-order chi connectivity index (χ0) is 12.0. The Hall–Kier alpha value is -0.160. The molecule has 0 N–H and O–H groups in total. The molecule has 0 aromatic carbocycles. The second kappa shape index (κ2) is 10.7. The van der Waals surface area contributed by atoms with E-state index in [0.29, 0.717) is 0 Å². The molecule has 2 heterocycles. The molecular formula is C12H14Br2Cl2N2. The van der Waals surface area contributed by atoms with E-state index in [9.17, 15) is 0 Å². The second-order valence-electron chi connectivity index (χ2n) is 3.27. The Morgan fingerprint density at radius 3 is 1.22 bits per heavy atom. The number of aryl methyl sites for hydroxylation is 2. The summed E-state index contributed by atoms with van der Waals surface area (Å²) in [7, 11) is 3.81. The molecule has 100 valence electrons. The normalized spacial score (nSPS) is 8.22. The standard InChI is InChI=1S/2C6H7ClN.2BrH/c2*1-8-5-3-2-4-6(8)7;;/h2*2-5H,1H3;2*1H/q2*+1;;/p-2. The van der Waals surface area contributed by atoms with Gasteiger partial charge in [0.15, 0.2) is 12.4 Å². The van der Waals surface area contributed by atoms with Crippen molar-refractivity contribution in [2.24, 2.45) is 14.1 Å². The molecule has 0 saturated heterocycles. The molecule has 2 rings (SSSR count). The monoisotopic (exact) mass is 414 g/mol. The van der Waals surface area contributed by atoms with Gasteiger partial charge in [-0.1, -0.05) is 0 Å². The van der Waals surface area contributed by atoms with Crippen molar-refractivity contribution in [1.29, 1.82) is 0 Å². The summed E-state index contributed by atoms with van der Waals surface area (Å²) >= 11 is 11.3. The number of rotatable bonds is 0. The van der Waals surface area contributed by atoms with Gasteiger partial charge in [0.1, 0.15) is 14.1 Å². The molecule has 0 saturated carbocycles. The van der Waals surface area contributed by atoms with Gasteiger partial charge in [-0.05, 0) is 35.3 Å². The summed E-state index contributed by atoms with van der Waals surface area (Å²) in [6, 6.07) is 11.4. The lowest BCUT2D eigenvalue weighted by molar-refractivity contribution is -0.669. The van der Waals surface area contributed by atoms with E-state index in [1.165, 1.54) is 0 Å². The Bertz CT molecular complexity index is 382. The Morgan fingerprint density at radius 2 is 1.06 bits per heavy atom. The highest BCUT2D eigenvalue weighted by Gasteiger charge is 1.95. The maximum absolute atomic E-state index is 5.67. The highest BCUT2D eigenvalue weighted by atomic mass is 79.9. The molecule has 0 aliphatic heterocycles. The van der Waals surface area contributed by atoms with Crippen molar-refractivity contribution in [1.82, 2.24) is 0 Å². The fourth-order valence-electron chi connectivity index (χ4n) is 1.01. The predicted molar refractivity (Wildman–Crippen MR) is 65.3 cm³/mol. The summed E-state index contributed by atoms with van der Waals surface area (Å²) in [6.07, 6.45) is 3.81. The molecule has 0 fully saturated rings. The molecule has 0 amide bonds. The van der Waals surface area contributed by atoms with E-state index in [0.717, 1.165) is 10.3 Å². The first kappa shape index (κ1) is 20.2. The largest absolute Gasteiger partial charge is 1.00 e. The minimum atomic E-state index is 0. The van der Waals surface area contributed by atoms with Gasteiger partial charge in [-0.25, -0.2) is 0 Å². The lowest BCUT2D eigenvalue weighted by Crippen LogP contribution is -3.00. The molecule has 18 heavy (non-hydrogen) atoms. The van der Waals surface area contributed by atoms with E-state index < -0.39 is 0 Å². The van der Waals surface area contributed by atoms with Crippen LogP contribution in [0.15, 0.2) is 48.8 Å². The smallest absolute Gasteiger partial charge is 0.274 e. The van der Waals surface area contributed by atoms with Crippen molar-refractivity contribution in [2.75, 3.05) is 0 Å². The molecule has 0 radical (unpaired) electrons. The summed E-state index contributed by atoms with van der Waals surface area (Å²) in [6.45, 7) is 0. The Balaban J connectivity index is 0. The van der Waals surface area contributed by atoms with Gasteiger partial charge in [-0.15, -0.1) is 0 Å². The molecule has 2 nitrogen and oxygen atoms in total. The van der Waals surface area contributed by atoms with Crippen molar-refractivity contribution in [3.63, 3.8) is 0 Å². The zero-order valence-electron chi connectivity index (χ0n) is 10.0. The van der Waals surface area contributed by atoms with Crippen LogP contribution in [-0.4, -0.2) is 0 Å². The van der Waals surface area contributed by atoms with E-state index in [1.54, 1.807) is 0 Å². The second-order valence-corrected chi connectivity index (χ2v) is 4.04. The van der Waals surface area contributed by atoms with Gasteiger partial charge < -0.3 is 34.0 Å². The number of halogens is 4. The molecule has 0 atom stereocenters. The van der Waals surface area contributed by atoms with Crippen LogP contribution in [0.2, 0.25) is 10.3 Å². The van der Waals surface area contributed by atoms with Gasteiger partial charge in [0.05, 0.1) is 0 Å². The van der Waals surface area contributed by atoms with Gasteiger partial charge in [0.25, 0.3) is 10.3 Å². The quantitative estimate of drug-likeness (QED) is 0.309. The molecule has 0 spiro atoms.